The number of thiophene rings is 1. The van der Waals surface area contributed by atoms with Crippen LogP contribution in [0, 0.1) is 5.92 Å². The highest BCUT2D eigenvalue weighted by molar-refractivity contribution is 7.19. The lowest BCUT2D eigenvalue weighted by Crippen LogP contribution is -2.44. The summed E-state index contributed by atoms with van der Waals surface area (Å²) in [6.45, 7) is 5.61. The molecule has 0 saturated carbocycles. The predicted molar refractivity (Wildman–Crippen MR) is 82.6 cm³/mol. The number of amides is 1. The Bertz CT molecular complexity index is 634. The van der Waals surface area contributed by atoms with Crippen LogP contribution in [0.1, 0.15) is 31.3 Å². The van der Waals surface area contributed by atoms with Crippen LogP contribution in [0.2, 0.25) is 4.34 Å². The summed E-state index contributed by atoms with van der Waals surface area (Å²) >= 11 is 7.21. The highest BCUT2D eigenvalue weighted by Gasteiger charge is 2.26. The minimum atomic E-state index is -0.969. The Morgan fingerprint density at radius 2 is 2.29 bits per heavy atom. The zero-order valence-corrected chi connectivity index (χ0v) is 13.6. The Kier molecular flexibility index (Phi) is 4.70. The van der Waals surface area contributed by atoms with E-state index in [9.17, 15) is 9.90 Å². The summed E-state index contributed by atoms with van der Waals surface area (Å²) in [5, 5.41) is 16.5. The number of halogens is 1. The van der Waals surface area contributed by atoms with E-state index in [0.717, 1.165) is 4.88 Å². The maximum Gasteiger partial charge on any atom is 0.273 e. The molecule has 2 aromatic heterocycles. The van der Waals surface area contributed by atoms with Gasteiger partial charge in [0, 0.05) is 12.6 Å². The van der Waals surface area contributed by atoms with E-state index >= 15 is 0 Å². The summed E-state index contributed by atoms with van der Waals surface area (Å²) < 4.78 is 5.78. The second-order valence-corrected chi connectivity index (χ2v) is 7.09. The van der Waals surface area contributed by atoms with Gasteiger partial charge < -0.3 is 14.9 Å². The Morgan fingerprint density at radius 3 is 2.86 bits per heavy atom. The molecule has 114 valence electrons. The van der Waals surface area contributed by atoms with Crippen molar-refractivity contribution in [3.05, 3.63) is 28.2 Å². The molecule has 2 rings (SSSR count). The Labute approximate surface area is 131 Å². The summed E-state index contributed by atoms with van der Waals surface area (Å²) in [6, 6.07) is 5.12. The van der Waals surface area contributed by atoms with E-state index in [4.69, 9.17) is 16.1 Å². The van der Waals surface area contributed by atoms with Gasteiger partial charge in [-0.3, -0.25) is 4.79 Å². The molecule has 2 N–H and O–H groups in total. The molecule has 0 bridgehead atoms. The highest BCUT2D eigenvalue weighted by Crippen LogP contribution is 2.31. The van der Waals surface area contributed by atoms with E-state index in [2.05, 4.69) is 10.5 Å². The minimum absolute atomic E-state index is 0.0268. The van der Waals surface area contributed by atoms with E-state index in [1.165, 1.54) is 11.3 Å². The maximum atomic E-state index is 12.0. The fourth-order valence-electron chi connectivity index (χ4n) is 1.50. The van der Waals surface area contributed by atoms with Crippen molar-refractivity contribution >= 4 is 28.8 Å². The number of hydrogen-bond acceptors (Lipinski definition) is 5. The van der Waals surface area contributed by atoms with Crippen LogP contribution in [0.25, 0.3) is 10.6 Å². The molecule has 0 aliphatic rings. The van der Waals surface area contributed by atoms with E-state index in [0.29, 0.717) is 10.1 Å². The number of carbonyl (C=O) groups is 1. The number of aliphatic hydroxyl groups is 1. The molecule has 0 fully saturated rings. The van der Waals surface area contributed by atoms with Gasteiger partial charge >= 0.3 is 0 Å². The standard InChI is InChI=1S/C14H17ClN2O3S/c1-8(2)14(3,19)7-16-13(18)9-6-10(20-17-9)11-4-5-12(15)21-11/h4-6,8,19H,7H2,1-3H3,(H,16,18). The second kappa shape index (κ2) is 6.17. The molecule has 1 atom stereocenters. The molecule has 2 heterocycles. The van der Waals surface area contributed by atoms with E-state index in [1.54, 1.807) is 25.1 Å². The molecule has 0 aliphatic carbocycles. The lowest BCUT2D eigenvalue weighted by Gasteiger charge is -2.27. The fraction of sp³-hybridized carbons (Fsp3) is 0.429. The first-order chi connectivity index (χ1) is 9.79. The molecule has 7 heteroatoms. The van der Waals surface area contributed by atoms with Crippen LogP contribution >= 0.6 is 22.9 Å². The van der Waals surface area contributed by atoms with Gasteiger partial charge in [0.25, 0.3) is 5.91 Å². The molecule has 21 heavy (non-hydrogen) atoms. The van der Waals surface area contributed by atoms with Crippen LogP contribution in [0.4, 0.5) is 0 Å². The molecule has 0 saturated heterocycles. The van der Waals surface area contributed by atoms with Crippen molar-refractivity contribution in [3.8, 4) is 10.6 Å². The number of hydrogen-bond donors (Lipinski definition) is 2. The minimum Gasteiger partial charge on any atom is -0.388 e. The fourth-order valence-corrected chi connectivity index (χ4v) is 2.49. The van der Waals surface area contributed by atoms with Gasteiger partial charge in [-0.2, -0.15) is 0 Å². The Balaban J connectivity index is 2.03. The monoisotopic (exact) mass is 328 g/mol. The van der Waals surface area contributed by atoms with Crippen molar-refractivity contribution in [1.29, 1.82) is 0 Å². The third-order valence-corrected chi connectivity index (χ3v) is 4.66. The lowest BCUT2D eigenvalue weighted by atomic mass is 9.92. The van der Waals surface area contributed by atoms with Crippen LogP contribution in [-0.4, -0.2) is 28.3 Å². The SMILES string of the molecule is CC(C)C(C)(O)CNC(=O)c1cc(-c2ccc(Cl)s2)on1. The molecule has 0 radical (unpaired) electrons. The summed E-state index contributed by atoms with van der Waals surface area (Å²) in [6.07, 6.45) is 0. The zero-order chi connectivity index (χ0) is 15.6. The van der Waals surface area contributed by atoms with Gasteiger partial charge in [-0.05, 0) is 25.0 Å². The first-order valence-corrected chi connectivity index (χ1v) is 7.72. The first kappa shape index (κ1) is 16.0. The highest BCUT2D eigenvalue weighted by atomic mass is 35.5. The average Bonchev–Trinajstić information content (AvgIpc) is 3.04. The van der Waals surface area contributed by atoms with Gasteiger partial charge in [-0.15, -0.1) is 11.3 Å². The molecule has 1 amide bonds. The van der Waals surface area contributed by atoms with Crippen molar-refractivity contribution in [2.75, 3.05) is 6.54 Å². The maximum absolute atomic E-state index is 12.0. The quantitative estimate of drug-likeness (QED) is 0.883. The molecule has 0 spiro atoms. The van der Waals surface area contributed by atoms with Crippen LogP contribution < -0.4 is 5.32 Å². The molecule has 2 aromatic rings. The Hall–Kier alpha value is -1.37. The topological polar surface area (TPSA) is 75.4 Å². The third-order valence-electron chi connectivity index (χ3n) is 3.41. The van der Waals surface area contributed by atoms with Gasteiger partial charge in [0.05, 0.1) is 14.8 Å². The Morgan fingerprint density at radius 1 is 1.57 bits per heavy atom. The third kappa shape index (κ3) is 3.84. The van der Waals surface area contributed by atoms with Crippen molar-refractivity contribution < 1.29 is 14.4 Å². The largest absolute Gasteiger partial charge is 0.388 e. The van der Waals surface area contributed by atoms with Crippen LogP contribution in [0.3, 0.4) is 0 Å². The predicted octanol–water partition coefficient (Wildman–Crippen LogP) is 3.19. The first-order valence-electron chi connectivity index (χ1n) is 6.52. The molecule has 0 aromatic carbocycles. The number of nitrogens with one attached hydrogen (secondary N) is 1. The molecule has 1 unspecified atom stereocenters. The van der Waals surface area contributed by atoms with Crippen LogP contribution in [0.15, 0.2) is 22.7 Å². The van der Waals surface area contributed by atoms with Gasteiger partial charge in [-0.1, -0.05) is 30.6 Å². The number of carbonyl (C=O) groups excluding carboxylic acids is 1. The van der Waals surface area contributed by atoms with Crippen molar-refractivity contribution in [2.24, 2.45) is 5.92 Å². The summed E-state index contributed by atoms with van der Waals surface area (Å²) in [4.78, 5) is 12.8. The van der Waals surface area contributed by atoms with E-state index < -0.39 is 5.60 Å². The van der Waals surface area contributed by atoms with Crippen LogP contribution in [-0.2, 0) is 0 Å². The van der Waals surface area contributed by atoms with Gasteiger partial charge in [0.2, 0.25) is 0 Å². The summed E-state index contributed by atoms with van der Waals surface area (Å²) in [7, 11) is 0. The number of aromatic nitrogens is 1. The number of nitrogens with zero attached hydrogens (tertiary/aromatic N) is 1. The summed E-state index contributed by atoms with van der Waals surface area (Å²) in [5.41, 5.74) is -0.794. The normalized spacial score (nSPS) is 14.2. The lowest BCUT2D eigenvalue weighted by molar-refractivity contribution is 0.0141. The van der Waals surface area contributed by atoms with E-state index in [-0.39, 0.29) is 24.1 Å². The smallest absolute Gasteiger partial charge is 0.273 e. The number of rotatable bonds is 5. The van der Waals surface area contributed by atoms with Crippen molar-refractivity contribution in [3.63, 3.8) is 0 Å². The molecule has 0 aliphatic heterocycles. The molecular weight excluding hydrogens is 312 g/mol. The molecule has 5 nitrogen and oxygen atoms in total. The second-order valence-electron chi connectivity index (χ2n) is 5.37. The summed E-state index contributed by atoms with van der Waals surface area (Å²) in [5.74, 6) is 0.139. The zero-order valence-electron chi connectivity index (χ0n) is 12.0. The van der Waals surface area contributed by atoms with Gasteiger partial charge in [-0.25, -0.2) is 0 Å². The molecular formula is C14H17ClN2O3S. The van der Waals surface area contributed by atoms with Crippen LogP contribution in [0.5, 0.6) is 0 Å². The van der Waals surface area contributed by atoms with E-state index in [1.807, 2.05) is 13.8 Å². The van der Waals surface area contributed by atoms with Gasteiger partial charge in [0.15, 0.2) is 11.5 Å². The van der Waals surface area contributed by atoms with Gasteiger partial charge in [0.1, 0.15) is 0 Å². The van der Waals surface area contributed by atoms with Crippen molar-refractivity contribution in [2.45, 2.75) is 26.4 Å². The van der Waals surface area contributed by atoms with Crippen molar-refractivity contribution in [1.82, 2.24) is 10.5 Å². The average molecular weight is 329 g/mol.